The van der Waals surface area contributed by atoms with E-state index >= 15 is 0 Å². The van der Waals surface area contributed by atoms with E-state index in [9.17, 15) is 8.42 Å². The van der Waals surface area contributed by atoms with Gasteiger partial charge in [0.05, 0.1) is 18.6 Å². The molecule has 0 atom stereocenters. The van der Waals surface area contributed by atoms with Gasteiger partial charge >= 0.3 is 0 Å². The van der Waals surface area contributed by atoms with Gasteiger partial charge in [0.2, 0.25) is 0 Å². The Morgan fingerprint density at radius 3 is 2.58 bits per heavy atom. The zero-order valence-corrected chi connectivity index (χ0v) is 12.5. The van der Waals surface area contributed by atoms with Crippen molar-refractivity contribution in [2.75, 3.05) is 0 Å². The van der Waals surface area contributed by atoms with Gasteiger partial charge < -0.3 is 9.13 Å². The van der Waals surface area contributed by atoms with Crippen molar-refractivity contribution in [3.8, 4) is 0 Å². The Bertz CT molecular complexity index is 687. The van der Waals surface area contributed by atoms with Crippen LogP contribution in [0.15, 0.2) is 23.7 Å². The standard InChI is InChI=1S/C11H15ClN4O2S/c1-8(2)11-14-10(19(12,17)18)6-16(11)5-9-4-13-7-15(9)3/h4,6-8H,5H2,1-3H3. The first-order valence-corrected chi connectivity index (χ1v) is 8.07. The van der Waals surface area contributed by atoms with Crippen molar-refractivity contribution in [1.82, 2.24) is 19.1 Å². The van der Waals surface area contributed by atoms with Crippen LogP contribution in [0.1, 0.15) is 31.3 Å². The molecule has 2 heterocycles. The summed E-state index contributed by atoms with van der Waals surface area (Å²) in [7, 11) is 3.41. The number of aromatic nitrogens is 4. The first-order valence-electron chi connectivity index (χ1n) is 5.76. The predicted molar refractivity (Wildman–Crippen MR) is 71.7 cm³/mol. The summed E-state index contributed by atoms with van der Waals surface area (Å²) in [5, 5.41) is -0.111. The van der Waals surface area contributed by atoms with E-state index in [1.807, 2.05) is 25.5 Å². The highest BCUT2D eigenvalue weighted by Crippen LogP contribution is 2.20. The minimum absolute atomic E-state index is 0.0976. The van der Waals surface area contributed by atoms with Crippen molar-refractivity contribution in [2.45, 2.75) is 31.3 Å². The third-order valence-corrected chi connectivity index (χ3v) is 3.97. The largest absolute Gasteiger partial charge is 0.336 e. The molecule has 0 N–H and O–H groups in total. The number of rotatable bonds is 4. The van der Waals surface area contributed by atoms with Crippen molar-refractivity contribution in [3.63, 3.8) is 0 Å². The van der Waals surface area contributed by atoms with Crippen LogP contribution in [0.25, 0.3) is 0 Å². The molecule has 2 aromatic heterocycles. The molecule has 0 unspecified atom stereocenters. The van der Waals surface area contributed by atoms with E-state index in [2.05, 4.69) is 9.97 Å². The zero-order valence-electron chi connectivity index (χ0n) is 10.9. The van der Waals surface area contributed by atoms with Crippen LogP contribution in [0.4, 0.5) is 0 Å². The fraction of sp³-hybridized carbons (Fsp3) is 0.455. The zero-order chi connectivity index (χ0) is 14.2. The minimum atomic E-state index is -3.81. The fourth-order valence-corrected chi connectivity index (χ4v) is 2.50. The Kier molecular flexibility index (Phi) is 3.69. The maximum Gasteiger partial charge on any atom is 0.280 e. The molecule has 0 saturated heterocycles. The molecule has 2 aromatic rings. The SMILES string of the molecule is CC(C)c1nc(S(=O)(=O)Cl)cn1Cc1cncn1C. The first-order chi connectivity index (χ1) is 8.79. The predicted octanol–water partition coefficient (Wildman–Crippen LogP) is 1.72. The normalized spacial score (nSPS) is 12.3. The molecule has 6 nitrogen and oxygen atoms in total. The van der Waals surface area contributed by atoms with E-state index < -0.39 is 9.05 Å². The van der Waals surface area contributed by atoms with Gasteiger partial charge in [-0.05, 0) is 0 Å². The molecule has 8 heteroatoms. The van der Waals surface area contributed by atoms with Crippen LogP contribution in [-0.4, -0.2) is 27.5 Å². The molecular formula is C11H15ClN4O2S. The highest BCUT2D eigenvalue weighted by Gasteiger charge is 2.20. The summed E-state index contributed by atoms with van der Waals surface area (Å²) in [6.07, 6.45) is 4.89. The highest BCUT2D eigenvalue weighted by atomic mass is 35.7. The molecule has 0 spiro atoms. The number of halogens is 1. The topological polar surface area (TPSA) is 69.8 Å². The molecule has 2 rings (SSSR count). The Morgan fingerprint density at radius 2 is 2.11 bits per heavy atom. The maximum absolute atomic E-state index is 11.4. The van der Waals surface area contributed by atoms with Crippen LogP contribution in [0.3, 0.4) is 0 Å². The number of imidazole rings is 2. The Hall–Kier alpha value is -1.34. The second kappa shape index (κ2) is 4.97. The van der Waals surface area contributed by atoms with Crippen molar-refractivity contribution in [1.29, 1.82) is 0 Å². The molecule has 0 aliphatic carbocycles. The average Bonchev–Trinajstić information content (AvgIpc) is 2.86. The molecule has 0 bridgehead atoms. The molecule has 0 fully saturated rings. The summed E-state index contributed by atoms with van der Waals surface area (Å²) >= 11 is 0. The van der Waals surface area contributed by atoms with Crippen molar-refractivity contribution in [2.24, 2.45) is 7.05 Å². The molecule has 0 aromatic carbocycles. The van der Waals surface area contributed by atoms with Crippen molar-refractivity contribution < 1.29 is 8.42 Å². The summed E-state index contributed by atoms with van der Waals surface area (Å²) in [5.41, 5.74) is 0.956. The van der Waals surface area contributed by atoms with E-state index in [1.54, 1.807) is 17.1 Å². The van der Waals surface area contributed by atoms with E-state index in [-0.39, 0.29) is 10.9 Å². The fourth-order valence-electron chi connectivity index (χ4n) is 1.82. The van der Waals surface area contributed by atoms with Gasteiger partial charge in [0.1, 0.15) is 5.82 Å². The average molecular weight is 303 g/mol. The lowest BCUT2D eigenvalue weighted by Crippen LogP contribution is -2.08. The van der Waals surface area contributed by atoms with Gasteiger partial charge in [0, 0.05) is 36.0 Å². The lowest BCUT2D eigenvalue weighted by atomic mass is 10.2. The van der Waals surface area contributed by atoms with E-state index in [0.29, 0.717) is 12.4 Å². The Labute approximate surface area is 116 Å². The summed E-state index contributed by atoms with van der Waals surface area (Å²) in [6.45, 7) is 4.41. The number of nitrogens with zero attached hydrogens (tertiary/aromatic N) is 4. The number of aryl methyl sites for hydroxylation is 1. The lowest BCUT2D eigenvalue weighted by molar-refractivity contribution is 0.606. The summed E-state index contributed by atoms with van der Waals surface area (Å²) in [4.78, 5) is 8.14. The molecule has 0 radical (unpaired) electrons. The number of hydrogen-bond acceptors (Lipinski definition) is 4. The van der Waals surface area contributed by atoms with E-state index in [1.165, 1.54) is 6.20 Å². The van der Waals surface area contributed by atoms with Crippen LogP contribution in [0.2, 0.25) is 0 Å². The molecule has 0 aliphatic heterocycles. The van der Waals surface area contributed by atoms with Gasteiger partial charge in [-0.1, -0.05) is 13.8 Å². The van der Waals surface area contributed by atoms with E-state index in [0.717, 1.165) is 5.69 Å². The van der Waals surface area contributed by atoms with Crippen LogP contribution < -0.4 is 0 Å². The smallest absolute Gasteiger partial charge is 0.280 e. The molecule has 0 amide bonds. The lowest BCUT2D eigenvalue weighted by Gasteiger charge is -2.10. The van der Waals surface area contributed by atoms with Gasteiger partial charge in [-0.2, -0.15) is 0 Å². The van der Waals surface area contributed by atoms with Gasteiger partial charge in [-0.3, -0.25) is 0 Å². The summed E-state index contributed by atoms with van der Waals surface area (Å²) < 4.78 is 26.4. The van der Waals surface area contributed by atoms with Crippen LogP contribution >= 0.6 is 10.7 Å². The number of hydrogen-bond donors (Lipinski definition) is 0. The maximum atomic E-state index is 11.4. The highest BCUT2D eigenvalue weighted by molar-refractivity contribution is 8.13. The van der Waals surface area contributed by atoms with Crippen LogP contribution in [0, 0.1) is 0 Å². The molecule has 0 aliphatic rings. The Morgan fingerprint density at radius 1 is 1.42 bits per heavy atom. The third kappa shape index (κ3) is 2.98. The second-order valence-electron chi connectivity index (χ2n) is 4.65. The van der Waals surface area contributed by atoms with Crippen molar-refractivity contribution >= 4 is 19.7 Å². The van der Waals surface area contributed by atoms with Gasteiger partial charge in [0.15, 0.2) is 5.03 Å². The van der Waals surface area contributed by atoms with Crippen molar-refractivity contribution in [3.05, 3.63) is 30.2 Å². The molecule has 0 saturated carbocycles. The summed E-state index contributed by atoms with van der Waals surface area (Å²) in [6, 6.07) is 0. The quantitative estimate of drug-likeness (QED) is 0.806. The Balaban J connectivity index is 2.44. The monoisotopic (exact) mass is 302 g/mol. The third-order valence-electron chi connectivity index (χ3n) is 2.80. The van der Waals surface area contributed by atoms with Gasteiger partial charge in [0.25, 0.3) is 9.05 Å². The molecule has 104 valence electrons. The van der Waals surface area contributed by atoms with Gasteiger partial charge in [-0.25, -0.2) is 18.4 Å². The van der Waals surface area contributed by atoms with E-state index in [4.69, 9.17) is 10.7 Å². The molecular weight excluding hydrogens is 288 g/mol. The molecule has 19 heavy (non-hydrogen) atoms. The first kappa shape index (κ1) is 14.1. The summed E-state index contributed by atoms with van der Waals surface area (Å²) in [5.74, 6) is 0.779. The second-order valence-corrected chi connectivity index (χ2v) is 7.17. The van der Waals surface area contributed by atoms with Gasteiger partial charge in [-0.15, -0.1) is 0 Å². The van der Waals surface area contributed by atoms with Crippen LogP contribution in [0.5, 0.6) is 0 Å². The minimum Gasteiger partial charge on any atom is -0.336 e. The van der Waals surface area contributed by atoms with Crippen LogP contribution in [-0.2, 0) is 22.6 Å².